The van der Waals surface area contributed by atoms with Crippen molar-refractivity contribution in [2.24, 2.45) is 0 Å². The number of phenols is 1. The quantitative estimate of drug-likeness (QED) is 0.469. The summed E-state index contributed by atoms with van der Waals surface area (Å²) in [5, 5.41) is 22.2. The second kappa shape index (κ2) is 10.5. The molecule has 0 saturated carbocycles. The second-order valence-corrected chi connectivity index (χ2v) is 7.17. The summed E-state index contributed by atoms with van der Waals surface area (Å²) in [6.45, 7) is 3.98. The summed E-state index contributed by atoms with van der Waals surface area (Å²) < 4.78 is 0. The predicted octanol–water partition coefficient (Wildman–Crippen LogP) is 5.55. The van der Waals surface area contributed by atoms with Crippen molar-refractivity contribution in [3.05, 3.63) is 58.7 Å². The van der Waals surface area contributed by atoms with Gasteiger partial charge in [-0.2, -0.15) is 0 Å². The highest BCUT2D eigenvalue weighted by Crippen LogP contribution is 2.23. The van der Waals surface area contributed by atoms with E-state index in [-0.39, 0.29) is 17.0 Å². The van der Waals surface area contributed by atoms with Gasteiger partial charge in [-0.05, 0) is 49.6 Å². The van der Waals surface area contributed by atoms with Crippen molar-refractivity contribution >= 4 is 17.6 Å². The molecule has 1 amide bonds. The molecule has 2 rings (SSSR count). The van der Waals surface area contributed by atoms with Gasteiger partial charge in [0.1, 0.15) is 5.75 Å². The van der Waals surface area contributed by atoms with Crippen LogP contribution in [0.15, 0.2) is 36.4 Å². The molecule has 2 aromatic rings. The van der Waals surface area contributed by atoms with Crippen molar-refractivity contribution in [2.75, 3.05) is 5.32 Å². The average molecular weight is 383 g/mol. The minimum atomic E-state index is -1.10. The maximum atomic E-state index is 12.5. The Hall–Kier alpha value is -2.82. The highest BCUT2D eigenvalue weighted by molar-refractivity contribution is 6.08. The Kier molecular flexibility index (Phi) is 8.05. The number of aromatic hydroxyl groups is 1. The highest BCUT2D eigenvalue weighted by Gasteiger charge is 2.15. The van der Waals surface area contributed by atoms with Crippen LogP contribution < -0.4 is 5.32 Å². The summed E-state index contributed by atoms with van der Waals surface area (Å²) in [5.41, 5.74) is 2.19. The Morgan fingerprint density at radius 1 is 0.964 bits per heavy atom. The lowest BCUT2D eigenvalue weighted by Crippen LogP contribution is -2.15. The molecule has 0 aromatic heterocycles. The van der Waals surface area contributed by atoms with Gasteiger partial charge in [-0.3, -0.25) is 4.79 Å². The smallest absolute Gasteiger partial charge is 0.337 e. The summed E-state index contributed by atoms with van der Waals surface area (Å²) in [5.74, 6) is -1.45. The van der Waals surface area contributed by atoms with Crippen molar-refractivity contribution < 1.29 is 19.8 Å². The summed E-state index contributed by atoms with van der Waals surface area (Å²) in [6, 6.07) is 9.70. The van der Waals surface area contributed by atoms with E-state index in [1.807, 2.05) is 0 Å². The number of phenolic OH excluding ortho intramolecular Hbond substituents is 1. The minimum absolute atomic E-state index is 0.0391. The minimum Gasteiger partial charge on any atom is -0.508 e. The Morgan fingerprint density at radius 3 is 2.36 bits per heavy atom. The summed E-state index contributed by atoms with van der Waals surface area (Å²) in [7, 11) is 0. The molecular formula is C23H29NO4. The van der Waals surface area contributed by atoms with E-state index in [1.165, 1.54) is 37.8 Å². The molecule has 0 atom stereocenters. The number of carboxylic acid groups (broad SMARTS) is 1. The van der Waals surface area contributed by atoms with Gasteiger partial charge in [-0.25, -0.2) is 4.79 Å². The molecule has 150 valence electrons. The fourth-order valence-electron chi connectivity index (χ4n) is 3.15. The van der Waals surface area contributed by atoms with Gasteiger partial charge >= 0.3 is 5.97 Å². The van der Waals surface area contributed by atoms with Crippen LogP contribution in [0.25, 0.3) is 0 Å². The van der Waals surface area contributed by atoms with Crippen LogP contribution in [0.2, 0.25) is 0 Å². The molecule has 0 aliphatic rings. The summed E-state index contributed by atoms with van der Waals surface area (Å²) in [6.07, 6.45) is 7.86. The Morgan fingerprint density at radius 2 is 1.68 bits per heavy atom. The van der Waals surface area contributed by atoms with Crippen LogP contribution >= 0.6 is 0 Å². The first-order chi connectivity index (χ1) is 13.4. The molecule has 0 fully saturated rings. The maximum Gasteiger partial charge on any atom is 0.337 e. The van der Waals surface area contributed by atoms with Crippen molar-refractivity contribution in [1.29, 1.82) is 0 Å². The van der Waals surface area contributed by atoms with Gasteiger partial charge in [0.2, 0.25) is 0 Å². The lowest BCUT2D eigenvalue weighted by Gasteiger charge is -2.11. The fourth-order valence-corrected chi connectivity index (χ4v) is 3.15. The topological polar surface area (TPSA) is 86.6 Å². The molecule has 0 heterocycles. The van der Waals surface area contributed by atoms with Crippen molar-refractivity contribution in [2.45, 2.75) is 58.8 Å². The van der Waals surface area contributed by atoms with Crippen LogP contribution in [0.1, 0.15) is 77.3 Å². The molecule has 0 bridgehead atoms. The molecule has 0 aliphatic heterocycles. The van der Waals surface area contributed by atoms with Gasteiger partial charge in [0.15, 0.2) is 0 Å². The monoisotopic (exact) mass is 383 g/mol. The van der Waals surface area contributed by atoms with Crippen molar-refractivity contribution in [3.63, 3.8) is 0 Å². The summed E-state index contributed by atoms with van der Waals surface area (Å²) in [4.78, 5) is 23.9. The maximum absolute atomic E-state index is 12.5. The van der Waals surface area contributed by atoms with Crippen molar-refractivity contribution in [3.8, 4) is 5.75 Å². The fraction of sp³-hybridized carbons (Fsp3) is 0.391. The van der Waals surface area contributed by atoms with Gasteiger partial charge in [-0.15, -0.1) is 0 Å². The Balaban J connectivity index is 2.00. The van der Waals surface area contributed by atoms with E-state index in [0.717, 1.165) is 30.4 Å². The molecular weight excluding hydrogens is 354 g/mol. The lowest BCUT2D eigenvalue weighted by molar-refractivity contribution is 0.0698. The zero-order valence-corrected chi connectivity index (χ0v) is 16.6. The number of rotatable bonds is 10. The van der Waals surface area contributed by atoms with Crippen LogP contribution in [0, 0.1) is 6.92 Å². The number of unbranched alkanes of at least 4 members (excludes halogenated alkanes) is 5. The molecule has 28 heavy (non-hydrogen) atoms. The molecule has 0 radical (unpaired) electrons. The lowest BCUT2D eigenvalue weighted by atomic mass is 10.0. The molecule has 0 aliphatic carbocycles. The standard InChI is InChI=1S/C23H29NO4/c1-3-4-5-6-7-8-9-17-11-12-18(15-21(17)25)22(26)24-20-13-10-16(2)14-19(20)23(27)28/h10-15,25H,3-9H2,1-2H3,(H,24,26)(H,27,28). The number of carbonyl (C=O) groups is 2. The number of anilines is 1. The normalized spacial score (nSPS) is 10.6. The van der Waals surface area contributed by atoms with E-state index < -0.39 is 11.9 Å². The zero-order chi connectivity index (χ0) is 20.5. The zero-order valence-electron chi connectivity index (χ0n) is 16.6. The number of hydrogen-bond donors (Lipinski definition) is 3. The molecule has 2 aromatic carbocycles. The summed E-state index contributed by atoms with van der Waals surface area (Å²) >= 11 is 0. The Labute approximate surface area is 166 Å². The van der Waals surface area contributed by atoms with E-state index in [4.69, 9.17) is 0 Å². The van der Waals surface area contributed by atoms with E-state index in [2.05, 4.69) is 12.2 Å². The van der Waals surface area contributed by atoms with Crippen LogP contribution in [0.4, 0.5) is 5.69 Å². The molecule has 3 N–H and O–H groups in total. The molecule has 0 saturated heterocycles. The largest absolute Gasteiger partial charge is 0.508 e. The van der Waals surface area contributed by atoms with Gasteiger partial charge in [-0.1, -0.05) is 56.7 Å². The van der Waals surface area contributed by atoms with Crippen LogP contribution in [0.3, 0.4) is 0 Å². The molecule has 0 unspecified atom stereocenters. The SMILES string of the molecule is CCCCCCCCc1ccc(C(=O)Nc2ccc(C)cc2C(=O)O)cc1O. The highest BCUT2D eigenvalue weighted by atomic mass is 16.4. The van der Waals surface area contributed by atoms with Crippen LogP contribution in [-0.4, -0.2) is 22.1 Å². The van der Waals surface area contributed by atoms with E-state index in [1.54, 1.807) is 31.2 Å². The first kappa shape index (κ1) is 21.5. The first-order valence-electron chi connectivity index (χ1n) is 9.89. The Bertz CT molecular complexity index is 829. The first-order valence-corrected chi connectivity index (χ1v) is 9.89. The molecule has 0 spiro atoms. The van der Waals surface area contributed by atoms with Crippen molar-refractivity contribution in [1.82, 2.24) is 0 Å². The number of amides is 1. The third-order valence-corrected chi connectivity index (χ3v) is 4.80. The molecule has 5 nitrogen and oxygen atoms in total. The van der Waals surface area contributed by atoms with Crippen LogP contribution in [-0.2, 0) is 6.42 Å². The van der Waals surface area contributed by atoms with Gasteiger partial charge in [0, 0.05) is 5.56 Å². The van der Waals surface area contributed by atoms with Gasteiger partial charge in [0.05, 0.1) is 11.3 Å². The number of nitrogens with one attached hydrogen (secondary N) is 1. The van der Waals surface area contributed by atoms with Gasteiger partial charge in [0.25, 0.3) is 5.91 Å². The third-order valence-electron chi connectivity index (χ3n) is 4.80. The number of aromatic carboxylic acids is 1. The van der Waals surface area contributed by atoms with Gasteiger partial charge < -0.3 is 15.5 Å². The van der Waals surface area contributed by atoms with E-state index in [0.29, 0.717) is 5.56 Å². The molecule has 5 heteroatoms. The van der Waals surface area contributed by atoms with Crippen LogP contribution in [0.5, 0.6) is 5.75 Å². The third kappa shape index (κ3) is 6.12. The number of benzene rings is 2. The number of carboxylic acids is 1. The number of aryl methyl sites for hydroxylation is 2. The second-order valence-electron chi connectivity index (χ2n) is 7.17. The average Bonchev–Trinajstić information content (AvgIpc) is 2.66. The van der Waals surface area contributed by atoms with E-state index in [9.17, 15) is 19.8 Å². The predicted molar refractivity (Wildman–Crippen MR) is 111 cm³/mol. The van der Waals surface area contributed by atoms with E-state index >= 15 is 0 Å². The number of carbonyl (C=O) groups excluding carboxylic acids is 1. The number of hydrogen-bond acceptors (Lipinski definition) is 3.